The number of amides is 2. The summed E-state index contributed by atoms with van der Waals surface area (Å²) in [6.07, 6.45) is 0.434. The van der Waals surface area contributed by atoms with Crippen LogP contribution < -0.4 is 20.1 Å². The Balaban J connectivity index is 2.53. The van der Waals surface area contributed by atoms with Gasteiger partial charge in [0.2, 0.25) is 5.91 Å². The number of rotatable bonds is 7. The maximum absolute atomic E-state index is 11.9. The Bertz CT molecular complexity index is 474. The number of carbonyl (C=O) groups excluding carboxylic acids is 2. The van der Waals surface area contributed by atoms with Crippen LogP contribution in [-0.2, 0) is 4.79 Å². The maximum atomic E-state index is 11.9. The molecule has 6 nitrogen and oxygen atoms in total. The van der Waals surface area contributed by atoms with Crippen LogP contribution in [0.1, 0.15) is 23.7 Å². The summed E-state index contributed by atoms with van der Waals surface area (Å²) in [5.41, 5.74) is 0.476. The highest BCUT2D eigenvalue weighted by Crippen LogP contribution is 2.27. The van der Waals surface area contributed by atoms with Crippen LogP contribution in [0.3, 0.4) is 0 Å². The highest BCUT2D eigenvalue weighted by molar-refractivity contribution is 5.94. The van der Waals surface area contributed by atoms with E-state index in [1.54, 1.807) is 25.1 Å². The van der Waals surface area contributed by atoms with Gasteiger partial charge in [0.15, 0.2) is 11.5 Å². The van der Waals surface area contributed by atoms with Crippen LogP contribution in [-0.4, -0.2) is 39.1 Å². The zero-order valence-electron chi connectivity index (χ0n) is 12.0. The molecule has 0 radical (unpaired) electrons. The zero-order valence-corrected chi connectivity index (χ0v) is 12.0. The van der Waals surface area contributed by atoms with Crippen molar-refractivity contribution >= 4 is 11.8 Å². The molecule has 0 aliphatic heterocycles. The van der Waals surface area contributed by atoms with Gasteiger partial charge >= 0.3 is 0 Å². The fourth-order valence-corrected chi connectivity index (χ4v) is 1.58. The topological polar surface area (TPSA) is 76.7 Å². The smallest absolute Gasteiger partial charge is 0.251 e. The van der Waals surface area contributed by atoms with Crippen molar-refractivity contribution in [2.45, 2.75) is 13.3 Å². The van der Waals surface area contributed by atoms with Gasteiger partial charge in [0.25, 0.3) is 5.91 Å². The first-order valence-electron chi connectivity index (χ1n) is 6.39. The molecule has 0 saturated heterocycles. The van der Waals surface area contributed by atoms with E-state index in [0.29, 0.717) is 36.6 Å². The first-order chi connectivity index (χ1) is 9.62. The lowest BCUT2D eigenvalue weighted by atomic mass is 10.2. The summed E-state index contributed by atoms with van der Waals surface area (Å²) in [5, 5.41) is 5.40. The summed E-state index contributed by atoms with van der Waals surface area (Å²) >= 11 is 0. The third-order valence-electron chi connectivity index (χ3n) is 2.70. The standard InChI is InChI=1S/C14H20N2O4/c1-4-13(17)15-7-8-16-14(18)10-5-6-11(19-2)12(9-10)20-3/h5-6,9H,4,7-8H2,1-3H3,(H,15,17)(H,16,18). The molecule has 2 amide bonds. The van der Waals surface area contributed by atoms with Crippen LogP contribution in [0.15, 0.2) is 18.2 Å². The van der Waals surface area contributed by atoms with Crippen molar-refractivity contribution in [1.82, 2.24) is 10.6 Å². The molecule has 20 heavy (non-hydrogen) atoms. The van der Waals surface area contributed by atoms with E-state index in [-0.39, 0.29) is 11.8 Å². The molecule has 0 spiro atoms. The third kappa shape index (κ3) is 4.46. The van der Waals surface area contributed by atoms with E-state index in [4.69, 9.17) is 9.47 Å². The van der Waals surface area contributed by atoms with Gasteiger partial charge in [-0.2, -0.15) is 0 Å². The number of benzene rings is 1. The Morgan fingerprint density at radius 3 is 2.30 bits per heavy atom. The van der Waals surface area contributed by atoms with Gasteiger partial charge in [-0.25, -0.2) is 0 Å². The molecule has 0 atom stereocenters. The fraction of sp³-hybridized carbons (Fsp3) is 0.429. The zero-order chi connectivity index (χ0) is 15.0. The van der Waals surface area contributed by atoms with Gasteiger partial charge in [-0.15, -0.1) is 0 Å². The number of hydrogen-bond donors (Lipinski definition) is 2. The molecule has 0 aliphatic rings. The molecule has 0 aliphatic carbocycles. The van der Waals surface area contributed by atoms with Crippen LogP contribution in [0.4, 0.5) is 0 Å². The summed E-state index contributed by atoms with van der Waals surface area (Å²) in [7, 11) is 3.05. The summed E-state index contributed by atoms with van der Waals surface area (Å²) in [4.78, 5) is 22.9. The molecule has 6 heteroatoms. The van der Waals surface area contributed by atoms with Gasteiger partial charge in [0.1, 0.15) is 0 Å². The van der Waals surface area contributed by atoms with Crippen molar-refractivity contribution in [2.24, 2.45) is 0 Å². The summed E-state index contributed by atoms with van der Waals surface area (Å²) in [5.74, 6) is 0.806. The van der Waals surface area contributed by atoms with Crippen LogP contribution in [0, 0.1) is 0 Å². The van der Waals surface area contributed by atoms with Gasteiger partial charge in [0, 0.05) is 25.1 Å². The van der Waals surface area contributed by atoms with Crippen molar-refractivity contribution in [3.63, 3.8) is 0 Å². The molecule has 110 valence electrons. The van der Waals surface area contributed by atoms with Gasteiger partial charge in [-0.05, 0) is 18.2 Å². The Labute approximate surface area is 118 Å². The minimum atomic E-state index is -0.225. The van der Waals surface area contributed by atoms with Gasteiger partial charge < -0.3 is 20.1 Å². The maximum Gasteiger partial charge on any atom is 0.251 e. The van der Waals surface area contributed by atoms with E-state index < -0.39 is 0 Å². The van der Waals surface area contributed by atoms with Gasteiger partial charge in [-0.3, -0.25) is 9.59 Å². The summed E-state index contributed by atoms with van der Waals surface area (Å²) in [6.45, 7) is 2.56. The lowest BCUT2D eigenvalue weighted by molar-refractivity contribution is -0.120. The number of nitrogens with one attached hydrogen (secondary N) is 2. The van der Waals surface area contributed by atoms with E-state index in [9.17, 15) is 9.59 Å². The number of carbonyl (C=O) groups is 2. The molecule has 1 rings (SSSR count). The van der Waals surface area contributed by atoms with E-state index in [1.165, 1.54) is 14.2 Å². The minimum absolute atomic E-state index is 0.0367. The van der Waals surface area contributed by atoms with E-state index in [0.717, 1.165) is 0 Å². The average Bonchev–Trinajstić information content (AvgIpc) is 2.50. The molecule has 0 bridgehead atoms. The molecular weight excluding hydrogens is 260 g/mol. The minimum Gasteiger partial charge on any atom is -0.493 e. The second-order valence-electron chi connectivity index (χ2n) is 4.03. The molecule has 1 aromatic rings. The Kier molecular flexibility index (Phi) is 6.36. The van der Waals surface area contributed by atoms with Crippen LogP contribution in [0.2, 0.25) is 0 Å². The van der Waals surface area contributed by atoms with Gasteiger partial charge in [0.05, 0.1) is 14.2 Å². The van der Waals surface area contributed by atoms with Gasteiger partial charge in [-0.1, -0.05) is 6.92 Å². The normalized spacial score (nSPS) is 9.75. The second kappa shape index (κ2) is 8.04. The molecule has 0 aromatic heterocycles. The predicted molar refractivity (Wildman–Crippen MR) is 75.2 cm³/mol. The highest BCUT2D eigenvalue weighted by atomic mass is 16.5. The molecule has 0 fully saturated rings. The van der Waals surface area contributed by atoms with Crippen molar-refractivity contribution in [1.29, 1.82) is 0 Å². The number of methoxy groups -OCH3 is 2. The molecule has 0 unspecified atom stereocenters. The largest absolute Gasteiger partial charge is 0.493 e. The molecular formula is C14H20N2O4. The highest BCUT2D eigenvalue weighted by Gasteiger charge is 2.10. The second-order valence-corrected chi connectivity index (χ2v) is 4.03. The Hall–Kier alpha value is -2.24. The molecule has 1 aromatic carbocycles. The lowest BCUT2D eigenvalue weighted by Gasteiger charge is -2.10. The molecule has 0 heterocycles. The Morgan fingerprint density at radius 2 is 1.70 bits per heavy atom. The third-order valence-corrected chi connectivity index (χ3v) is 2.70. The first kappa shape index (κ1) is 15.8. The molecule has 0 saturated carbocycles. The summed E-state index contributed by atoms with van der Waals surface area (Å²) < 4.78 is 10.2. The quantitative estimate of drug-likeness (QED) is 0.729. The number of hydrogen-bond acceptors (Lipinski definition) is 4. The van der Waals surface area contributed by atoms with E-state index >= 15 is 0 Å². The van der Waals surface area contributed by atoms with Crippen LogP contribution in [0.5, 0.6) is 11.5 Å². The monoisotopic (exact) mass is 280 g/mol. The lowest BCUT2D eigenvalue weighted by Crippen LogP contribution is -2.34. The van der Waals surface area contributed by atoms with Crippen LogP contribution in [0.25, 0.3) is 0 Å². The summed E-state index contributed by atoms with van der Waals surface area (Å²) in [6, 6.07) is 4.94. The molecule has 2 N–H and O–H groups in total. The fourth-order valence-electron chi connectivity index (χ4n) is 1.58. The van der Waals surface area contributed by atoms with Crippen LogP contribution >= 0.6 is 0 Å². The van der Waals surface area contributed by atoms with Crippen molar-refractivity contribution < 1.29 is 19.1 Å². The number of ether oxygens (including phenoxy) is 2. The van der Waals surface area contributed by atoms with Crippen molar-refractivity contribution in [3.8, 4) is 11.5 Å². The van der Waals surface area contributed by atoms with Crippen molar-refractivity contribution in [3.05, 3.63) is 23.8 Å². The van der Waals surface area contributed by atoms with E-state index in [2.05, 4.69) is 10.6 Å². The average molecular weight is 280 g/mol. The SMILES string of the molecule is CCC(=O)NCCNC(=O)c1ccc(OC)c(OC)c1. The van der Waals surface area contributed by atoms with E-state index in [1.807, 2.05) is 0 Å². The van der Waals surface area contributed by atoms with Crippen molar-refractivity contribution in [2.75, 3.05) is 27.3 Å². The Morgan fingerprint density at radius 1 is 1.05 bits per heavy atom. The predicted octanol–water partition coefficient (Wildman–Crippen LogP) is 0.960. The first-order valence-corrected chi connectivity index (χ1v) is 6.39.